The first-order valence-corrected chi connectivity index (χ1v) is 13.6. The lowest BCUT2D eigenvalue weighted by atomic mass is 10.0. The molecule has 1 aromatic heterocycles. The molecule has 0 aliphatic rings. The van der Waals surface area contributed by atoms with Crippen LogP contribution in [0.2, 0.25) is 0 Å². The molecule has 0 amide bonds. The van der Waals surface area contributed by atoms with E-state index in [0.717, 1.165) is 28.3 Å². The van der Waals surface area contributed by atoms with Gasteiger partial charge in [0, 0.05) is 31.3 Å². The predicted octanol–water partition coefficient (Wildman–Crippen LogP) is 10.0. The Bertz CT molecular complexity index is 1780. The van der Waals surface area contributed by atoms with E-state index in [4.69, 9.17) is 0 Å². The molecule has 0 N–H and O–H groups in total. The smallest absolute Gasteiger partial charge is 0.123 e. The molecule has 0 saturated heterocycles. The highest BCUT2D eigenvalue weighted by Gasteiger charge is 2.09. The normalized spacial score (nSPS) is 11.4. The van der Waals surface area contributed by atoms with E-state index in [9.17, 15) is 4.39 Å². The van der Waals surface area contributed by atoms with Gasteiger partial charge in [0.05, 0.1) is 0 Å². The number of aryl methyl sites for hydroxylation is 1. The number of hydrogen-bond donors (Lipinski definition) is 0. The van der Waals surface area contributed by atoms with Gasteiger partial charge in [-0.05, 0) is 101 Å². The molecule has 6 rings (SSSR count). The Morgan fingerprint density at radius 2 is 1.25 bits per heavy atom. The number of hydrogen-bond acceptors (Lipinski definition) is 1. The van der Waals surface area contributed by atoms with Gasteiger partial charge in [0.1, 0.15) is 5.82 Å². The van der Waals surface area contributed by atoms with Gasteiger partial charge in [0.25, 0.3) is 0 Å². The van der Waals surface area contributed by atoms with E-state index in [1.165, 1.54) is 68.3 Å². The van der Waals surface area contributed by atoms with Crippen LogP contribution in [-0.2, 0) is 6.42 Å². The van der Waals surface area contributed by atoms with Crippen LogP contribution in [0.25, 0.3) is 41.7 Å². The van der Waals surface area contributed by atoms with Crippen LogP contribution in [0.15, 0.2) is 84.9 Å². The molecule has 0 nitrogen and oxygen atoms in total. The Kier molecular flexibility index (Phi) is 6.18. The molecule has 0 saturated carbocycles. The van der Waals surface area contributed by atoms with E-state index in [1.807, 2.05) is 6.07 Å². The van der Waals surface area contributed by atoms with Gasteiger partial charge in [-0.15, -0.1) is 11.3 Å². The zero-order valence-corrected chi connectivity index (χ0v) is 21.2. The van der Waals surface area contributed by atoms with Crippen LogP contribution >= 0.6 is 11.3 Å². The topological polar surface area (TPSA) is 0 Å². The first-order chi connectivity index (χ1) is 17.7. The number of fused-ring (bicyclic) bond motifs is 5. The minimum atomic E-state index is -0.194. The van der Waals surface area contributed by atoms with Gasteiger partial charge in [-0.3, -0.25) is 0 Å². The Hall–Kier alpha value is -3.67. The Balaban J connectivity index is 1.29. The molecule has 5 aromatic carbocycles. The summed E-state index contributed by atoms with van der Waals surface area (Å²) in [5.74, 6) is 6.49. The summed E-state index contributed by atoms with van der Waals surface area (Å²) < 4.78 is 16.1. The van der Waals surface area contributed by atoms with Crippen LogP contribution in [0.5, 0.6) is 0 Å². The first kappa shape index (κ1) is 22.8. The van der Waals surface area contributed by atoms with Gasteiger partial charge in [0.2, 0.25) is 0 Å². The van der Waals surface area contributed by atoms with E-state index in [-0.39, 0.29) is 5.82 Å². The van der Waals surface area contributed by atoms with Crippen molar-refractivity contribution in [3.8, 4) is 11.8 Å². The third kappa shape index (κ3) is 4.60. The molecule has 0 bridgehead atoms. The number of unbranched alkanes of at least 4 members (excludes halogenated alkanes) is 3. The fourth-order valence-electron chi connectivity index (χ4n) is 4.97. The SMILES string of the molecule is CCCCCCc1ccc(C#Cc2ccc3cc4c(cc3c2)sc2cc3cc(F)ccc3cc24)cc1. The highest BCUT2D eigenvalue weighted by molar-refractivity contribution is 7.26. The van der Waals surface area contributed by atoms with Crippen LogP contribution in [-0.4, -0.2) is 0 Å². The van der Waals surface area contributed by atoms with E-state index in [1.54, 1.807) is 17.4 Å². The summed E-state index contributed by atoms with van der Waals surface area (Å²) in [7, 11) is 0. The van der Waals surface area contributed by atoms with E-state index in [0.29, 0.717) is 0 Å². The molecule has 176 valence electrons. The highest BCUT2D eigenvalue weighted by atomic mass is 32.1. The van der Waals surface area contributed by atoms with Crippen molar-refractivity contribution in [2.45, 2.75) is 39.0 Å². The third-order valence-electron chi connectivity index (χ3n) is 6.97. The standard InChI is InChI=1S/C34H27FS/c1-2-3-4-5-6-23-7-9-24(10-8-23)11-12-25-13-14-26-19-31-32-20-27-15-16-30(35)18-29(27)22-34(32)36-33(31)21-28(26)17-25/h7-10,13-22H,2-6H2,1H3. The zero-order chi connectivity index (χ0) is 24.5. The molecule has 0 aliphatic carbocycles. The van der Waals surface area contributed by atoms with E-state index < -0.39 is 0 Å². The molecule has 0 atom stereocenters. The lowest BCUT2D eigenvalue weighted by molar-refractivity contribution is 0.630. The average Bonchev–Trinajstić information content (AvgIpc) is 3.23. The average molecular weight is 487 g/mol. The molecule has 0 spiro atoms. The van der Waals surface area contributed by atoms with Crippen molar-refractivity contribution in [3.05, 3.63) is 107 Å². The number of rotatable bonds is 5. The van der Waals surface area contributed by atoms with Crippen molar-refractivity contribution in [1.82, 2.24) is 0 Å². The number of thiophene rings is 1. The summed E-state index contributed by atoms with van der Waals surface area (Å²) in [4.78, 5) is 0. The molecule has 0 fully saturated rings. The van der Waals surface area contributed by atoms with Crippen LogP contribution in [0.4, 0.5) is 4.39 Å². The molecule has 0 aliphatic heterocycles. The summed E-state index contributed by atoms with van der Waals surface area (Å²) >= 11 is 1.76. The quantitative estimate of drug-likeness (QED) is 0.168. The van der Waals surface area contributed by atoms with Crippen LogP contribution in [0.1, 0.15) is 49.3 Å². The van der Waals surface area contributed by atoms with Gasteiger partial charge < -0.3 is 0 Å². The monoisotopic (exact) mass is 486 g/mol. The molecule has 36 heavy (non-hydrogen) atoms. The number of halogens is 1. The second kappa shape index (κ2) is 9.76. The van der Waals surface area contributed by atoms with Crippen molar-refractivity contribution in [3.63, 3.8) is 0 Å². The molecular formula is C34H27FS. The van der Waals surface area contributed by atoms with Crippen LogP contribution in [0, 0.1) is 17.7 Å². The van der Waals surface area contributed by atoms with Gasteiger partial charge in [-0.1, -0.05) is 62.3 Å². The minimum absolute atomic E-state index is 0.194. The van der Waals surface area contributed by atoms with E-state index >= 15 is 0 Å². The Morgan fingerprint density at radius 1 is 0.611 bits per heavy atom. The van der Waals surface area contributed by atoms with Crippen molar-refractivity contribution in [2.75, 3.05) is 0 Å². The van der Waals surface area contributed by atoms with Crippen molar-refractivity contribution in [2.24, 2.45) is 0 Å². The molecular weight excluding hydrogens is 459 g/mol. The predicted molar refractivity (Wildman–Crippen MR) is 155 cm³/mol. The van der Waals surface area contributed by atoms with Crippen molar-refractivity contribution < 1.29 is 4.39 Å². The van der Waals surface area contributed by atoms with Crippen molar-refractivity contribution in [1.29, 1.82) is 0 Å². The zero-order valence-electron chi connectivity index (χ0n) is 20.4. The summed E-state index contributed by atoms with van der Waals surface area (Å²) in [5, 5.41) is 6.90. The first-order valence-electron chi connectivity index (χ1n) is 12.8. The van der Waals surface area contributed by atoms with Gasteiger partial charge in [0.15, 0.2) is 0 Å². The maximum Gasteiger partial charge on any atom is 0.123 e. The Labute approximate surface area is 215 Å². The van der Waals surface area contributed by atoms with Gasteiger partial charge in [-0.25, -0.2) is 4.39 Å². The maximum absolute atomic E-state index is 13.7. The molecule has 0 radical (unpaired) electrons. The van der Waals surface area contributed by atoms with Gasteiger partial charge >= 0.3 is 0 Å². The van der Waals surface area contributed by atoms with Crippen LogP contribution < -0.4 is 0 Å². The fraction of sp³-hybridized carbons (Fsp3) is 0.176. The summed E-state index contributed by atoms with van der Waals surface area (Å²) in [6.07, 6.45) is 6.32. The fourth-order valence-corrected chi connectivity index (χ4v) is 6.13. The lowest BCUT2D eigenvalue weighted by Crippen LogP contribution is -1.86. The largest absolute Gasteiger partial charge is 0.207 e. The summed E-state index contributed by atoms with van der Waals surface area (Å²) in [6.45, 7) is 2.25. The second-order valence-corrected chi connectivity index (χ2v) is 10.7. The molecule has 6 aromatic rings. The maximum atomic E-state index is 13.7. The van der Waals surface area contributed by atoms with Crippen LogP contribution in [0.3, 0.4) is 0 Å². The minimum Gasteiger partial charge on any atom is -0.207 e. The highest BCUT2D eigenvalue weighted by Crippen LogP contribution is 2.38. The summed E-state index contributed by atoms with van der Waals surface area (Å²) in [5.41, 5.74) is 3.47. The van der Waals surface area contributed by atoms with Gasteiger partial charge in [-0.2, -0.15) is 0 Å². The van der Waals surface area contributed by atoms with Crippen molar-refractivity contribution >= 4 is 53.1 Å². The lowest BCUT2D eigenvalue weighted by Gasteiger charge is -2.02. The molecule has 2 heteroatoms. The molecule has 1 heterocycles. The van der Waals surface area contributed by atoms with E-state index in [2.05, 4.69) is 85.5 Å². The second-order valence-electron chi connectivity index (χ2n) is 9.61. The Morgan fingerprint density at radius 3 is 1.97 bits per heavy atom. The number of benzene rings is 5. The summed E-state index contributed by atoms with van der Waals surface area (Å²) in [6, 6.07) is 29.0. The molecule has 0 unspecified atom stereocenters. The third-order valence-corrected chi connectivity index (χ3v) is 8.09.